The predicted octanol–water partition coefficient (Wildman–Crippen LogP) is 1.32. The maximum atomic E-state index is 9.03. The van der Waals surface area contributed by atoms with Gasteiger partial charge in [-0.15, -0.1) is 0 Å². The third-order valence-electron chi connectivity index (χ3n) is 1.43. The molecule has 0 spiro atoms. The maximum absolute atomic E-state index is 9.03. The molecule has 0 aromatic carbocycles. The summed E-state index contributed by atoms with van der Waals surface area (Å²) in [6.45, 7) is 8.67. The zero-order chi connectivity index (χ0) is 9.56. The van der Waals surface area contributed by atoms with Crippen molar-refractivity contribution in [1.29, 1.82) is 0 Å². The highest BCUT2D eigenvalue weighted by Gasteiger charge is 2.08. The predicted molar refractivity (Wildman–Crippen MR) is 49.7 cm³/mol. The highest BCUT2D eigenvalue weighted by atomic mass is 16.5. The topological polar surface area (TPSA) is 41.5 Å². The fourth-order valence-corrected chi connectivity index (χ4v) is 0.861. The zero-order valence-electron chi connectivity index (χ0n) is 8.50. The first-order valence-electron chi connectivity index (χ1n) is 4.62. The highest BCUT2D eigenvalue weighted by Crippen LogP contribution is 1.99. The van der Waals surface area contributed by atoms with E-state index in [9.17, 15) is 0 Å². The van der Waals surface area contributed by atoms with Gasteiger partial charge in [0, 0.05) is 0 Å². The molecule has 0 fully saturated rings. The molecule has 0 bridgehead atoms. The van der Waals surface area contributed by atoms with E-state index in [0.717, 1.165) is 13.0 Å². The molecule has 0 saturated heterocycles. The highest BCUT2D eigenvalue weighted by molar-refractivity contribution is 4.54. The quantitative estimate of drug-likeness (QED) is 0.598. The molecule has 2 N–H and O–H groups in total. The zero-order valence-corrected chi connectivity index (χ0v) is 8.50. The molecular formula is C9H21NO2. The minimum absolute atomic E-state index is 0.0209. The van der Waals surface area contributed by atoms with Crippen LogP contribution in [-0.4, -0.2) is 24.2 Å². The van der Waals surface area contributed by atoms with Crippen LogP contribution in [-0.2, 0) is 4.74 Å². The number of aliphatic hydroxyl groups is 1. The minimum Gasteiger partial charge on any atom is -0.379 e. The molecule has 74 valence electrons. The average molecular weight is 175 g/mol. The molecule has 0 aliphatic heterocycles. The first kappa shape index (κ1) is 11.9. The Balaban J connectivity index is 3.53. The lowest BCUT2D eigenvalue weighted by Gasteiger charge is -2.20. The van der Waals surface area contributed by atoms with Crippen molar-refractivity contribution in [3.63, 3.8) is 0 Å². The third kappa shape index (κ3) is 6.58. The fraction of sp³-hybridized carbons (Fsp3) is 1.00. The van der Waals surface area contributed by atoms with Crippen molar-refractivity contribution in [2.75, 3.05) is 6.61 Å². The van der Waals surface area contributed by atoms with Gasteiger partial charge in [0.1, 0.15) is 12.5 Å². The van der Waals surface area contributed by atoms with Crippen LogP contribution in [0.2, 0.25) is 0 Å². The van der Waals surface area contributed by atoms with Crippen molar-refractivity contribution in [2.24, 2.45) is 5.92 Å². The van der Waals surface area contributed by atoms with Gasteiger partial charge < -0.3 is 9.84 Å². The van der Waals surface area contributed by atoms with Crippen molar-refractivity contribution in [1.82, 2.24) is 5.32 Å². The Labute approximate surface area is 75.1 Å². The standard InChI is InChI=1S/C9H21NO2/c1-5-9(10-8(4)11)12-6-7(2)3/h7-11H,5-6H2,1-4H3. The molecule has 0 rings (SSSR count). The molecule has 12 heavy (non-hydrogen) atoms. The van der Waals surface area contributed by atoms with E-state index >= 15 is 0 Å². The van der Waals surface area contributed by atoms with Gasteiger partial charge in [-0.05, 0) is 19.3 Å². The number of ether oxygens (including phenoxy) is 1. The van der Waals surface area contributed by atoms with Crippen LogP contribution in [0.1, 0.15) is 34.1 Å². The number of hydrogen-bond acceptors (Lipinski definition) is 3. The van der Waals surface area contributed by atoms with E-state index in [2.05, 4.69) is 19.2 Å². The van der Waals surface area contributed by atoms with Crippen LogP contribution in [0.25, 0.3) is 0 Å². The van der Waals surface area contributed by atoms with Crippen molar-refractivity contribution in [3.8, 4) is 0 Å². The Morgan fingerprint density at radius 1 is 1.33 bits per heavy atom. The average Bonchev–Trinajstić information content (AvgIpc) is 1.97. The molecule has 3 heteroatoms. The Bertz CT molecular complexity index is 105. The Hall–Kier alpha value is -0.120. The summed E-state index contributed by atoms with van der Waals surface area (Å²) in [5, 5.41) is 11.9. The van der Waals surface area contributed by atoms with Crippen molar-refractivity contribution in [2.45, 2.75) is 46.6 Å². The van der Waals surface area contributed by atoms with E-state index in [1.54, 1.807) is 6.92 Å². The van der Waals surface area contributed by atoms with Gasteiger partial charge in [-0.3, -0.25) is 5.32 Å². The number of aliphatic hydroxyl groups excluding tert-OH is 1. The van der Waals surface area contributed by atoms with Gasteiger partial charge in [0.05, 0.1) is 6.61 Å². The van der Waals surface area contributed by atoms with Gasteiger partial charge in [0.2, 0.25) is 0 Å². The second-order valence-electron chi connectivity index (χ2n) is 3.47. The van der Waals surface area contributed by atoms with Crippen LogP contribution in [0.4, 0.5) is 0 Å². The first-order valence-corrected chi connectivity index (χ1v) is 4.62. The lowest BCUT2D eigenvalue weighted by molar-refractivity contribution is -0.0220. The van der Waals surface area contributed by atoms with E-state index in [4.69, 9.17) is 9.84 Å². The summed E-state index contributed by atoms with van der Waals surface area (Å²) < 4.78 is 5.49. The number of nitrogens with one attached hydrogen (secondary N) is 1. The summed E-state index contributed by atoms with van der Waals surface area (Å²) >= 11 is 0. The SMILES string of the molecule is CCC(NC(C)O)OCC(C)C. The van der Waals surface area contributed by atoms with Crippen molar-refractivity contribution < 1.29 is 9.84 Å². The monoisotopic (exact) mass is 175 g/mol. The van der Waals surface area contributed by atoms with Gasteiger partial charge >= 0.3 is 0 Å². The molecule has 2 unspecified atom stereocenters. The fourth-order valence-electron chi connectivity index (χ4n) is 0.861. The van der Waals surface area contributed by atoms with E-state index in [0.29, 0.717) is 5.92 Å². The van der Waals surface area contributed by atoms with Gasteiger partial charge in [0.15, 0.2) is 0 Å². The maximum Gasteiger partial charge on any atom is 0.109 e. The second-order valence-corrected chi connectivity index (χ2v) is 3.47. The van der Waals surface area contributed by atoms with E-state index in [1.807, 2.05) is 6.92 Å². The molecule has 0 aromatic rings. The minimum atomic E-state index is -0.498. The number of hydrogen-bond donors (Lipinski definition) is 2. The lowest BCUT2D eigenvalue weighted by atomic mass is 10.2. The van der Waals surface area contributed by atoms with Crippen LogP contribution in [0.3, 0.4) is 0 Å². The van der Waals surface area contributed by atoms with Crippen molar-refractivity contribution in [3.05, 3.63) is 0 Å². The molecule has 2 atom stereocenters. The molecule has 0 aliphatic rings. The van der Waals surface area contributed by atoms with Gasteiger partial charge in [-0.2, -0.15) is 0 Å². The molecule has 0 saturated carbocycles. The summed E-state index contributed by atoms with van der Waals surface area (Å²) in [6, 6.07) is 0. The summed E-state index contributed by atoms with van der Waals surface area (Å²) in [5.41, 5.74) is 0. The molecule has 0 amide bonds. The van der Waals surface area contributed by atoms with Gasteiger partial charge in [-0.1, -0.05) is 20.8 Å². The molecular weight excluding hydrogens is 154 g/mol. The van der Waals surface area contributed by atoms with Crippen LogP contribution >= 0.6 is 0 Å². The van der Waals surface area contributed by atoms with E-state index in [-0.39, 0.29) is 6.23 Å². The lowest BCUT2D eigenvalue weighted by Crippen LogP contribution is -2.38. The molecule has 0 aromatic heterocycles. The van der Waals surface area contributed by atoms with Crippen LogP contribution < -0.4 is 5.32 Å². The summed E-state index contributed by atoms with van der Waals surface area (Å²) in [5.74, 6) is 0.537. The molecule has 0 radical (unpaired) electrons. The Morgan fingerprint density at radius 2 is 1.92 bits per heavy atom. The van der Waals surface area contributed by atoms with E-state index < -0.39 is 6.23 Å². The van der Waals surface area contributed by atoms with E-state index in [1.165, 1.54) is 0 Å². The smallest absolute Gasteiger partial charge is 0.109 e. The van der Waals surface area contributed by atoms with Crippen LogP contribution in [0.15, 0.2) is 0 Å². The normalized spacial score (nSPS) is 16.5. The first-order chi connectivity index (χ1) is 5.56. The largest absolute Gasteiger partial charge is 0.379 e. The van der Waals surface area contributed by atoms with Gasteiger partial charge in [-0.25, -0.2) is 0 Å². The Morgan fingerprint density at radius 3 is 2.25 bits per heavy atom. The second kappa shape index (κ2) is 6.40. The third-order valence-corrected chi connectivity index (χ3v) is 1.43. The summed E-state index contributed by atoms with van der Waals surface area (Å²) in [4.78, 5) is 0. The van der Waals surface area contributed by atoms with Crippen LogP contribution in [0.5, 0.6) is 0 Å². The summed E-state index contributed by atoms with van der Waals surface area (Å²) in [7, 11) is 0. The summed E-state index contributed by atoms with van der Waals surface area (Å²) in [6.07, 6.45) is 0.354. The Kier molecular flexibility index (Phi) is 6.34. The number of rotatable bonds is 6. The van der Waals surface area contributed by atoms with Gasteiger partial charge in [0.25, 0.3) is 0 Å². The molecule has 0 aliphatic carbocycles. The van der Waals surface area contributed by atoms with Crippen LogP contribution in [0, 0.1) is 5.92 Å². The van der Waals surface area contributed by atoms with Crippen molar-refractivity contribution >= 4 is 0 Å². The molecule has 0 heterocycles. The molecule has 3 nitrogen and oxygen atoms in total.